The van der Waals surface area contributed by atoms with Gasteiger partial charge in [-0.25, -0.2) is 0 Å². The van der Waals surface area contributed by atoms with Crippen molar-refractivity contribution in [2.45, 2.75) is 32.6 Å². The molecule has 1 aliphatic rings. The van der Waals surface area contributed by atoms with Gasteiger partial charge < -0.3 is 15.7 Å². The second-order valence-corrected chi connectivity index (χ2v) is 4.94. The average Bonchev–Trinajstić information content (AvgIpc) is 2.17. The van der Waals surface area contributed by atoms with Gasteiger partial charge >= 0.3 is 0 Å². The molecule has 0 spiro atoms. The normalized spacial score (nSPS) is 19.9. The Morgan fingerprint density at radius 3 is 2.62 bits per heavy atom. The van der Waals surface area contributed by atoms with Gasteiger partial charge in [-0.3, -0.25) is 4.79 Å². The van der Waals surface area contributed by atoms with Crippen LogP contribution in [0.4, 0.5) is 0 Å². The summed E-state index contributed by atoms with van der Waals surface area (Å²) in [5.41, 5.74) is 0.242. The minimum absolute atomic E-state index is 0.0602. The molecular weight excluding hydrogens is 204 g/mol. The molecule has 0 bridgehead atoms. The van der Waals surface area contributed by atoms with Gasteiger partial charge in [0.15, 0.2) is 0 Å². The van der Waals surface area contributed by atoms with E-state index in [-0.39, 0.29) is 17.9 Å². The van der Waals surface area contributed by atoms with Crippen LogP contribution >= 0.6 is 0 Å². The maximum Gasteiger partial charge on any atom is 0.233 e. The topological polar surface area (TPSA) is 61.4 Å². The monoisotopic (exact) mass is 228 g/mol. The summed E-state index contributed by atoms with van der Waals surface area (Å²) < 4.78 is 0. The van der Waals surface area contributed by atoms with E-state index >= 15 is 0 Å². The quantitative estimate of drug-likeness (QED) is 0.595. The zero-order valence-electron chi connectivity index (χ0n) is 10.4. The van der Waals surface area contributed by atoms with E-state index in [0.29, 0.717) is 12.5 Å². The lowest BCUT2D eigenvalue weighted by atomic mass is 9.60. The predicted octanol–water partition coefficient (Wildman–Crippen LogP) is 0.511. The summed E-state index contributed by atoms with van der Waals surface area (Å²) in [7, 11) is 1.77. The predicted molar refractivity (Wildman–Crippen MR) is 64.1 cm³/mol. The van der Waals surface area contributed by atoms with E-state index in [0.717, 1.165) is 13.0 Å². The average molecular weight is 228 g/mol. The Morgan fingerprint density at radius 2 is 2.19 bits per heavy atom. The van der Waals surface area contributed by atoms with E-state index in [1.165, 1.54) is 19.3 Å². The van der Waals surface area contributed by atoms with E-state index in [9.17, 15) is 4.79 Å². The number of amides is 1. The first-order valence-electron chi connectivity index (χ1n) is 6.17. The highest BCUT2D eigenvalue weighted by Crippen LogP contribution is 2.47. The van der Waals surface area contributed by atoms with Crippen molar-refractivity contribution in [2.24, 2.45) is 11.3 Å². The molecule has 0 heterocycles. The van der Waals surface area contributed by atoms with Crippen molar-refractivity contribution in [3.8, 4) is 0 Å². The van der Waals surface area contributed by atoms with Gasteiger partial charge in [-0.1, -0.05) is 13.3 Å². The van der Waals surface area contributed by atoms with Gasteiger partial charge in [0.2, 0.25) is 5.91 Å². The number of aliphatic hydroxyl groups is 1. The number of hydrogen-bond acceptors (Lipinski definition) is 3. The van der Waals surface area contributed by atoms with Crippen LogP contribution in [0.5, 0.6) is 0 Å². The minimum atomic E-state index is 0.0602. The van der Waals surface area contributed by atoms with Gasteiger partial charge in [0.05, 0.1) is 6.54 Å². The Morgan fingerprint density at radius 1 is 1.50 bits per heavy atom. The number of carbonyl (C=O) groups is 1. The second kappa shape index (κ2) is 6.21. The van der Waals surface area contributed by atoms with Crippen molar-refractivity contribution in [3.63, 3.8) is 0 Å². The van der Waals surface area contributed by atoms with Crippen LogP contribution in [0, 0.1) is 11.3 Å². The fourth-order valence-electron chi connectivity index (χ4n) is 2.47. The van der Waals surface area contributed by atoms with Crippen LogP contribution in [0.15, 0.2) is 0 Å². The number of likely N-dealkylation sites (N-methyl/N-ethyl adjacent to an activating group) is 1. The molecule has 0 aromatic heterocycles. The molecule has 0 aromatic carbocycles. The summed E-state index contributed by atoms with van der Waals surface area (Å²) in [6, 6.07) is 0. The number of rotatable bonds is 7. The maximum absolute atomic E-state index is 11.4. The van der Waals surface area contributed by atoms with E-state index in [2.05, 4.69) is 17.6 Å². The zero-order valence-corrected chi connectivity index (χ0v) is 10.4. The lowest BCUT2D eigenvalue weighted by molar-refractivity contribution is -0.121. The lowest BCUT2D eigenvalue weighted by Gasteiger charge is -2.47. The van der Waals surface area contributed by atoms with Crippen molar-refractivity contribution in [1.29, 1.82) is 0 Å². The van der Waals surface area contributed by atoms with Gasteiger partial charge in [0, 0.05) is 13.2 Å². The summed E-state index contributed by atoms with van der Waals surface area (Å²) >= 11 is 0. The van der Waals surface area contributed by atoms with Crippen LogP contribution in [0.3, 0.4) is 0 Å². The molecule has 1 atom stereocenters. The van der Waals surface area contributed by atoms with Crippen molar-refractivity contribution >= 4 is 5.91 Å². The van der Waals surface area contributed by atoms with Crippen LogP contribution in [0.1, 0.15) is 32.6 Å². The molecule has 94 valence electrons. The van der Waals surface area contributed by atoms with Crippen molar-refractivity contribution in [2.75, 3.05) is 26.7 Å². The Kier molecular flexibility index (Phi) is 5.22. The molecule has 0 radical (unpaired) electrons. The molecule has 0 saturated heterocycles. The fraction of sp³-hybridized carbons (Fsp3) is 0.917. The molecule has 0 aliphatic heterocycles. The zero-order chi connectivity index (χ0) is 12.0. The number of carbonyl (C=O) groups excluding carboxylic acids is 1. The largest absolute Gasteiger partial charge is 0.396 e. The Hall–Kier alpha value is -0.610. The van der Waals surface area contributed by atoms with Gasteiger partial charge in [-0.2, -0.15) is 0 Å². The Balaban J connectivity index is 2.38. The first-order chi connectivity index (χ1) is 7.64. The van der Waals surface area contributed by atoms with Crippen LogP contribution in [0.2, 0.25) is 0 Å². The summed E-state index contributed by atoms with van der Waals surface area (Å²) in [5, 5.41) is 14.8. The van der Waals surface area contributed by atoms with Gasteiger partial charge in [-0.05, 0) is 37.6 Å². The molecule has 1 saturated carbocycles. The van der Waals surface area contributed by atoms with Crippen molar-refractivity contribution < 1.29 is 9.90 Å². The second-order valence-electron chi connectivity index (χ2n) is 4.94. The molecule has 1 unspecified atom stereocenters. The standard InChI is InChI=1S/C12H24N2O2/c1-10(4-7-15)12(5-3-6-12)9-14-11(16)8-13-2/h10,13,15H,3-9H2,1-2H3,(H,14,16). The third-order valence-corrected chi connectivity index (χ3v) is 3.93. The number of hydrogen-bond donors (Lipinski definition) is 3. The van der Waals surface area contributed by atoms with Crippen molar-refractivity contribution in [3.05, 3.63) is 0 Å². The maximum atomic E-state index is 11.4. The third kappa shape index (κ3) is 3.19. The van der Waals surface area contributed by atoms with Gasteiger partial charge in [-0.15, -0.1) is 0 Å². The molecule has 1 fully saturated rings. The Labute approximate surface area is 97.8 Å². The minimum Gasteiger partial charge on any atom is -0.396 e. The van der Waals surface area contributed by atoms with Crippen LogP contribution in [-0.4, -0.2) is 37.8 Å². The number of nitrogens with one attached hydrogen (secondary N) is 2. The smallest absolute Gasteiger partial charge is 0.233 e. The first kappa shape index (κ1) is 13.5. The van der Waals surface area contributed by atoms with Gasteiger partial charge in [0.1, 0.15) is 0 Å². The molecule has 3 N–H and O–H groups in total. The van der Waals surface area contributed by atoms with E-state index < -0.39 is 0 Å². The molecule has 4 heteroatoms. The highest BCUT2D eigenvalue weighted by Gasteiger charge is 2.41. The molecule has 1 rings (SSSR count). The van der Waals surface area contributed by atoms with Crippen molar-refractivity contribution in [1.82, 2.24) is 10.6 Å². The first-order valence-corrected chi connectivity index (χ1v) is 6.17. The summed E-state index contributed by atoms with van der Waals surface area (Å²) in [6.45, 7) is 3.56. The summed E-state index contributed by atoms with van der Waals surface area (Å²) in [6.07, 6.45) is 4.43. The van der Waals surface area contributed by atoms with Crippen LogP contribution in [-0.2, 0) is 4.79 Å². The van der Waals surface area contributed by atoms with E-state index in [1.807, 2.05) is 0 Å². The SMILES string of the molecule is CNCC(=O)NCC1(C(C)CCO)CCC1. The van der Waals surface area contributed by atoms with Gasteiger partial charge in [0.25, 0.3) is 0 Å². The molecular formula is C12H24N2O2. The summed E-state index contributed by atoms with van der Waals surface area (Å²) in [4.78, 5) is 11.4. The number of aliphatic hydroxyl groups excluding tert-OH is 1. The summed E-state index contributed by atoms with van der Waals surface area (Å²) in [5.74, 6) is 0.547. The Bertz CT molecular complexity index is 227. The molecule has 1 amide bonds. The molecule has 4 nitrogen and oxygen atoms in total. The van der Waals surface area contributed by atoms with Crippen LogP contribution < -0.4 is 10.6 Å². The molecule has 1 aliphatic carbocycles. The highest BCUT2D eigenvalue weighted by molar-refractivity contribution is 5.77. The van der Waals surface area contributed by atoms with Crippen LogP contribution in [0.25, 0.3) is 0 Å². The molecule has 0 aromatic rings. The lowest BCUT2D eigenvalue weighted by Crippen LogP contribution is -2.47. The van der Waals surface area contributed by atoms with E-state index in [1.54, 1.807) is 7.05 Å². The highest BCUT2D eigenvalue weighted by atomic mass is 16.3. The fourth-order valence-corrected chi connectivity index (χ4v) is 2.47. The molecule has 16 heavy (non-hydrogen) atoms. The third-order valence-electron chi connectivity index (χ3n) is 3.93. The van der Waals surface area contributed by atoms with E-state index in [4.69, 9.17) is 5.11 Å².